The van der Waals surface area contributed by atoms with Crippen molar-refractivity contribution in [2.24, 2.45) is 11.8 Å². The fourth-order valence-corrected chi connectivity index (χ4v) is 4.31. The van der Waals surface area contributed by atoms with Crippen molar-refractivity contribution in [2.45, 2.75) is 44.2 Å². The SMILES string of the molecule is OC(c1ccccc1)[C@@H]1C(Cl)=CCN(O)[C@H]1C1CCCCC1. The quantitative estimate of drug-likeness (QED) is 0.880. The molecule has 4 heteroatoms. The van der Waals surface area contributed by atoms with Gasteiger partial charge in [0.05, 0.1) is 6.10 Å². The molecule has 0 amide bonds. The Hall–Kier alpha value is -0.870. The lowest BCUT2D eigenvalue weighted by Crippen LogP contribution is -2.49. The molecule has 0 bridgehead atoms. The smallest absolute Gasteiger partial charge is 0.0883 e. The molecule has 120 valence electrons. The summed E-state index contributed by atoms with van der Waals surface area (Å²) in [5.41, 5.74) is 0.857. The van der Waals surface area contributed by atoms with Gasteiger partial charge in [0.25, 0.3) is 0 Å². The van der Waals surface area contributed by atoms with Crippen molar-refractivity contribution in [3.8, 4) is 0 Å². The third-order valence-corrected chi connectivity index (χ3v) is 5.52. The highest BCUT2D eigenvalue weighted by Crippen LogP contribution is 2.43. The molecule has 2 N–H and O–H groups in total. The van der Waals surface area contributed by atoms with Crippen LogP contribution in [0.25, 0.3) is 0 Å². The van der Waals surface area contributed by atoms with E-state index in [-0.39, 0.29) is 12.0 Å². The van der Waals surface area contributed by atoms with E-state index in [0.717, 1.165) is 18.4 Å². The van der Waals surface area contributed by atoms with Gasteiger partial charge in [0.1, 0.15) is 0 Å². The molecule has 1 aliphatic carbocycles. The molecule has 1 aromatic carbocycles. The fraction of sp³-hybridized carbons (Fsp3) is 0.556. The maximum atomic E-state index is 10.9. The zero-order valence-corrected chi connectivity index (χ0v) is 13.5. The molecule has 1 saturated carbocycles. The lowest BCUT2D eigenvalue weighted by molar-refractivity contribution is -0.165. The first-order valence-corrected chi connectivity index (χ1v) is 8.60. The van der Waals surface area contributed by atoms with Crippen LogP contribution in [0.15, 0.2) is 41.4 Å². The molecule has 3 nitrogen and oxygen atoms in total. The highest BCUT2D eigenvalue weighted by atomic mass is 35.5. The van der Waals surface area contributed by atoms with Crippen molar-refractivity contribution >= 4 is 11.6 Å². The van der Waals surface area contributed by atoms with Crippen molar-refractivity contribution in [1.29, 1.82) is 0 Å². The van der Waals surface area contributed by atoms with Crippen LogP contribution in [-0.2, 0) is 0 Å². The van der Waals surface area contributed by atoms with Gasteiger partial charge in [0, 0.05) is 23.5 Å². The minimum absolute atomic E-state index is 0.104. The lowest BCUT2D eigenvalue weighted by atomic mass is 9.74. The topological polar surface area (TPSA) is 43.7 Å². The third-order valence-electron chi connectivity index (χ3n) is 5.12. The summed E-state index contributed by atoms with van der Waals surface area (Å²) in [6, 6.07) is 9.52. The Bertz CT molecular complexity index is 513. The molecular weight excluding hydrogens is 298 g/mol. The second-order valence-electron chi connectivity index (χ2n) is 6.48. The van der Waals surface area contributed by atoms with Crippen LogP contribution in [0.2, 0.25) is 0 Å². The Kier molecular flexibility index (Phi) is 5.19. The fourth-order valence-electron chi connectivity index (χ4n) is 3.99. The van der Waals surface area contributed by atoms with E-state index >= 15 is 0 Å². The molecule has 22 heavy (non-hydrogen) atoms. The van der Waals surface area contributed by atoms with E-state index < -0.39 is 6.10 Å². The van der Waals surface area contributed by atoms with Crippen LogP contribution < -0.4 is 0 Å². The zero-order valence-electron chi connectivity index (χ0n) is 12.7. The molecule has 1 aromatic rings. The summed E-state index contributed by atoms with van der Waals surface area (Å²) in [6.45, 7) is 0.442. The van der Waals surface area contributed by atoms with Crippen LogP contribution in [0.1, 0.15) is 43.8 Å². The van der Waals surface area contributed by atoms with E-state index in [1.807, 2.05) is 36.4 Å². The Morgan fingerprint density at radius 1 is 1.09 bits per heavy atom. The number of hydrogen-bond acceptors (Lipinski definition) is 3. The van der Waals surface area contributed by atoms with Crippen LogP contribution in [0.5, 0.6) is 0 Å². The number of benzene rings is 1. The monoisotopic (exact) mass is 321 g/mol. The predicted octanol–water partition coefficient (Wildman–Crippen LogP) is 4.11. The standard InChI is InChI=1S/C18H24ClNO2/c19-15-11-12-20(22)17(13-7-3-1-4-8-13)16(15)18(21)14-9-5-2-6-10-14/h2,5-6,9-11,13,16-18,21-22H,1,3-4,7-8,12H2/t16-,17+,18?/m1/s1. The molecule has 0 aromatic heterocycles. The highest BCUT2D eigenvalue weighted by Gasteiger charge is 2.42. The van der Waals surface area contributed by atoms with Gasteiger partial charge in [0.15, 0.2) is 0 Å². The van der Waals surface area contributed by atoms with Crippen molar-refractivity contribution in [2.75, 3.05) is 6.54 Å². The number of nitrogens with zero attached hydrogens (tertiary/aromatic N) is 1. The maximum Gasteiger partial charge on any atom is 0.0883 e. The van der Waals surface area contributed by atoms with Gasteiger partial charge in [-0.25, -0.2) is 0 Å². The second-order valence-corrected chi connectivity index (χ2v) is 6.92. The van der Waals surface area contributed by atoms with E-state index in [1.165, 1.54) is 24.3 Å². The van der Waals surface area contributed by atoms with Gasteiger partial charge in [-0.2, -0.15) is 5.06 Å². The number of hydroxylamine groups is 2. The summed E-state index contributed by atoms with van der Waals surface area (Å²) in [5.74, 6) is 0.135. The van der Waals surface area contributed by atoms with E-state index in [1.54, 1.807) is 0 Å². The van der Waals surface area contributed by atoms with E-state index in [9.17, 15) is 10.3 Å². The van der Waals surface area contributed by atoms with E-state index in [4.69, 9.17) is 11.6 Å². The number of rotatable bonds is 3. The number of hydrogen-bond donors (Lipinski definition) is 2. The van der Waals surface area contributed by atoms with Crippen molar-refractivity contribution in [3.63, 3.8) is 0 Å². The van der Waals surface area contributed by atoms with Gasteiger partial charge in [-0.15, -0.1) is 0 Å². The number of halogens is 1. The Balaban J connectivity index is 1.89. The Labute approximate surface area is 137 Å². The maximum absolute atomic E-state index is 10.9. The minimum Gasteiger partial charge on any atom is -0.388 e. The van der Waals surface area contributed by atoms with Gasteiger partial charge >= 0.3 is 0 Å². The first-order chi connectivity index (χ1) is 10.7. The normalized spacial score (nSPS) is 29.1. The summed E-state index contributed by atoms with van der Waals surface area (Å²) in [5, 5.41) is 23.4. The first kappa shape index (κ1) is 16.0. The van der Waals surface area contributed by atoms with Crippen LogP contribution in [0.3, 0.4) is 0 Å². The molecule has 3 rings (SSSR count). The number of aliphatic hydroxyl groups is 1. The number of aliphatic hydroxyl groups excluding tert-OH is 1. The van der Waals surface area contributed by atoms with E-state index in [0.29, 0.717) is 17.5 Å². The summed E-state index contributed by atoms with van der Waals surface area (Å²) in [4.78, 5) is 0. The van der Waals surface area contributed by atoms with Gasteiger partial charge in [-0.1, -0.05) is 67.3 Å². The minimum atomic E-state index is -0.688. The molecule has 1 aliphatic heterocycles. The van der Waals surface area contributed by atoms with Gasteiger partial charge in [-0.05, 0) is 24.3 Å². The van der Waals surface area contributed by atoms with Gasteiger partial charge in [0.2, 0.25) is 0 Å². The summed E-state index contributed by atoms with van der Waals surface area (Å²) in [6.07, 6.45) is 7.00. The molecule has 0 radical (unpaired) electrons. The Morgan fingerprint density at radius 2 is 1.77 bits per heavy atom. The van der Waals surface area contributed by atoms with Crippen LogP contribution >= 0.6 is 11.6 Å². The molecule has 2 aliphatic rings. The molecule has 1 unspecified atom stereocenters. The van der Waals surface area contributed by atoms with Crippen molar-refractivity contribution in [1.82, 2.24) is 5.06 Å². The van der Waals surface area contributed by atoms with Gasteiger partial charge in [-0.3, -0.25) is 0 Å². The molecular formula is C18H24ClNO2. The zero-order chi connectivity index (χ0) is 15.5. The lowest BCUT2D eigenvalue weighted by Gasteiger charge is -2.44. The van der Waals surface area contributed by atoms with Crippen molar-refractivity contribution < 1.29 is 10.3 Å². The summed E-state index contributed by atoms with van der Waals surface area (Å²) >= 11 is 6.47. The molecule has 0 spiro atoms. The first-order valence-electron chi connectivity index (χ1n) is 8.22. The predicted molar refractivity (Wildman–Crippen MR) is 87.7 cm³/mol. The molecule has 0 saturated heterocycles. The largest absolute Gasteiger partial charge is 0.388 e. The molecule has 1 heterocycles. The summed E-state index contributed by atoms with van der Waals surface area (Å²) in [7, 11) is 0. The van der Waals surface area contributed by atoms with Crippen LogP contribution in [0, 0.1) is 11.8 Å². The van der Waals surface area contributed by atoms with Gasteiger partial charge < -0.3 is 10.3 Å². The Morgan fingerprint density at radius 3 is 2.45 bits per heavy atom. The average molecular weight is 322 g/mol. The average Bonchev–Trinajstić information content (AvgIpc) is 2.57. The van der Waals surface area contributed by atoms with Crippen LogP contribution in [-0.4, -0.2) is 28.0 Å². The molecule has 1 fully saturated rings. The third kappa shape index (κ3) is 3.23. The van der Waals surface area contributed by atoms with E-state index in [2.05, 4.69) is 0 Å². The summed E-state index contributed by atoms with van der Waals surface area (Å²) < 4.78 is 0. The highest BCUT2D eigenvalue weighted by molar-refractivity contribution is 6.30. The van der Waals surface area contributed by atoms with Crippen molar-refractivity contribution in [3.05, 3.63) is 47.0 Å². The second kappa shape index (κ2) is 7.14. The van der Waals surface area contributed by atoms with Crippen LogP contribution in [0.4, 0.5) is 0 Å². The molecule has 3 atom stereocenters.